The monoisotopic (exact) mass is 361 g/mol. The van der Waals surface area contributed by atoms with Crippen molar-refractivity contribution < 1.29 is 20.0 Å². The molecule has 0 saturated heterocycles. The molecule has 0 amide bonds. The van der Waals surface area contributed by atoms with Gasteiger partial charge in [0.1, 0.15) is 23.2 Å². The van der Waals surface area contributed by atoms with Crippen molar-refractivity contribution in [3.8, 4) is 5.75 Å². The van der Waals surface area contributed by atoms with Crippen LogP contribution in [0.5, 0.6) is 5.75 Å². The Balaban J connectivity index is 2.03. The van der Waals surface area contributed by atoms with Gasteiger partial charge in [-0.15, -0.1) is 0 Å². The molecule has 0 heterocycles. The number of aromatic hydroxyl groups is 1. The quantitative estimate of drug-likeness (QED) is 0.169. The first-order valence-electron chi connectivity index (χ1n) is 8.16. The van der Waals surface area contributed by atoms with Crippen molar-refractivity contribution in [2.75, 3.05) is 0 Å². The van der Waals surface area contributed by atoms with Gasteiger partial charge in [0.05, 0.1) is 5.56 Å². The van der Waals surface area contributed by atoms with E-state index in [9.17, 15) is 5.11 Å². The zero-order valence-corrected chi connectivity index (χ0v) is 14.3. The molecule has 7 heteroatoms. The number of phenols is 1. The summed E-state index contributed by atoms with van der Waals surface area (Å²) in [6.07, 6.45) is 0. The number of azo groups is 1. The summed E-state index contributed by atoms with van der Waals surface area (Å²) in [6, 6.07) is 23.0. The summed E-state index contributed by atoms with van der Waals surface area (Å²) in [5.74, 6) is 0.301. The fourth-order valence-corrected chi connectivity index (χ4v) is 2.27. The van der Waals surface area contributed by atoms with E-state index < -0.39 is 0 Å². The molecule has 0 fully saturated rings. The van der Waals surface area contributed by atoms with Crippen molar-refractivity contribution in [2.45, 2.75) is 6.61 Å². The van der Waals surface area contributed by atoms with Crippen LogP contribution in [0.2, 0.25) is 0 Å². The molecule has 0 aliphatic heterocycles. The Hall–Kier alpha value is -3.64. The summed E-state index contributed by atoms with van der Waals surface area (Å²) in [7, 11) is 0. The molecule has 0 aromatic heterocycles. The molecular formula is C20H17N4O3+. The first-order chi connectivity index (χ1) is 13.3. The highest BCUT2D eigenvalue weighted by Crippen LogP contribution is 2.25. The second-order valence-electron chi connectivity index (χ2n) is 5.48. The number of para-hydroxylation sites is 1. The molecule has 0 bridgehead atoms. The van der Waals surface area contributed by atoms with Gasteiger partial charge in [0.25, 0.3) is 0 Å². The topological polar surface area (TPSA) is 101 Å². The van der Waals surface area contributed by atoms with Crippen molar-refractivity contribution >= 4 is 17.2 Å². The lowest BCUT2D eigenvalue weighted by Gasteiger charge is -1.98. The Morgan fingerprint density at radius 1 is 0.852 bits per heavy atom. The molecule has 0 spiro atoms. The van der Waals surface area contributed by atoms with Gasteiger partial charge >= 0.3 is 5.84 Å². The van der Waals surface area contributed by atoms with Crippen molar-refractivity contribution in [3.63, 3.8) is 0 Å². The van der Waals surface area contributed by atoms with Crippen LogP contribution < -0.4 is 0 Å². The van der Waals surface area contributed by atoms with Crippen LogP contribution in [-0.4, -0.2) is 21.0 Å². The van der Waals surface area contributed by atoms with Gasteiger partial charge < -0.3 is 5.11 Å². The van der Waals surface area contributed by atoms with E-state index in [2.05, 4.69) is 25.0 Å². The normalized spacial score (nSPS) is 10.6. The Morgan fingerprint density at radius 2 is 1.52 bits per heavy atom. The standard InChI is InChI=1S/C20H16N4O3/c25-19-13-7-6-12-18(19)22-24-20(15-8-2-1-3-9-15)23-21-17-11-5-4-10-16(17)14-27-26/h1-13,26H,14H2/p+1. The van der Waals surface area contributed by atoms with E-state index in [-0.39, 0.29) is 18.2 Å². The molecule has 134 valence electrons. The maximum absolute atomic E-state index is 9.84. The molecule has 0 unspecified atom stereocenters. The predicted molar refractivity (Wildman–Crippen MR) is 99.4 cm³/mol. The smallest absolute Gasteiger partial charge is 0.477 e. The molecule has 3 aromatic rings. The molecule has 0 aliphatic carbocycles. The highest BCUT2D eigenvalue weighted by Gasteiger charge is 2.15. The highest BCUT2D eigenvalue weighted by molar-refractivity contribution is 5.94. The van der Waals surface area contributed by atoms with E-state index in [4.69, 9.17) is 5.26 Å². The average molecular weight is 361 g/mol. The van der Waals surface area contributed by atoms with Crippen LogP contribution >= 0.6 is 0 Å². The third-order valence-electron chi connectivity index (χ3n) is 3.63. The minimum absolute atomic E-state index is 0.00469. The molecule has 2 N–H and O–H groups in total. The maximum atomic E-state index is 9.84. The Kier molecular flexibility index (Phi) is 6.17. The molecule has 27 heavy (non-hydrogen) atoms. The van der Waals surface area contributed by atoms with Gasteiger partial charge in [0.2, 0.25) is 0 Å². The fourth-order valence-electron chi connectivity index (χ4n) is 2.27. The van der Waals surface area contributed by atoms with E-state index in [0.717, 1.165) is 5.56 Å². The number of rotatable bonds is 5. The first-order valence-corrected chi connectivity index (χ1v) is 8.16. The Labute approximate surface area is 155 Å². The van der Waals surface area contributed by atoms with Crippen LogP contribution in [0.1, 0.15) is 11.1 Å². The highest BCUT2D eigenvalue weighted by atomic mass is 17.1. The van der Waals surface area contributed by atoms with Crippen molar-refractivity contribution in [3.05, 3.63) is 90.0 Å². The molecule has 3 aromatic carbocycles. The number of phenolic OH excluding ortho intramolecular Hbond substituents is 1. The van der Waals surface area contributed by atoms with Crippen molar-refractivity contribution in [2.24, 2.45) is 15.3 Å². The third kappa shape index (κ3) is 4.93. The molecule has 0 saturated carbocycles. The van der Waals surface area contributed by atoms with Crippen molar-refractivity contribution in [1.29, 1.82) is 0 Å². The summed E-state index contributed by atoms with van der Waals surface area (Å²) in [4.78, 5) is 8.41. The number of hydrogen-bond acceptors (Lipinski definition) is 5. The van der Waals surface area contributed by atoms with E-state index >= 15 is 0 Å². The summed E-state index contributed by atoms with van der Waals surface area (Å²) in [5, 5.41) is 31.0. The molecule has 0 atom stereocenters. The van der Waals surface area contributed by atoms with Crippen LogP contribution in [0.4, 0.5) is 11.4 Å². The van der Waals surface area contributed by atoms with Gasteiger partial charge in [-0.05, 0) is 35.4 Å². The van der Waals surface area contributed by atoms with E-state index in [0.29, 0.717) is 16.9 Å². The number of benzene rings is 3. The molecule has 0 aliphatic rings. The summed E-state index contributed by atoms with van der Waals surface area (Å²) in [6.45, 7) is -0.00469. The van der Waals surface area contributed by atoms with E-state index in [1.807, 2.05) is 36.4 Å². The molecule has 3 rings (SSSR count). The summed E-state index contributed by atoms with van der Waals surface area (Å²) >= 11 is 0. The lowest BCUT2D eigenvalue weighted by molar-refractivity contribution is -0.252. The third-order valence-corrected chi connectivity index (χ3v) is 3.63. The summed E-state index contributed by atoms with van der Waals surface area (Å²) < 4.78 is 0. The predicted octanol–water partition coefficient (Wildman–Crippen LogP) is 4.90. The average Bonchev–Trinajstić information content (AvgIpc) is 2.71. The Morgan fingerprint density at radius 3 is 2.26 bits per heavy atom. The van der Waals surface area contributed by atoms with E-state index in [1.54, 1.807) is 36.4 Å². The molecular weight excluding hydrogens is 344 g/mol. The van der Waals surface area contributed by atoms with Crippen LogP contribution in [0.15, 0.2) is 94.2 Å². The number of amidine groups is 1. The second-order valence-corrected chi connectivity index (χ2v) is 5.48. The SMILES string of the molecule is OOCc1ccccc1N=[N+]=C(N=Nc1ccccc1O)c1ccccc1. The minimum Gasteiger partial charge on any atom is -0.506 e. The molecule has 0 radical (unpaired) electrons. The first kappa shape index (κ1) is 18.2. The van der Waals surface area contributed by atoms with E-state index in [1.165, 1.54) is 6.07 Å². The largest absolute Gasteiger partial charge is 0.506 e. The van der Waals surface area contributed by atoms with Crippen LogP contribution in [-0.2, 0) is 11.5 Å². The van der Waals surface area contributed by atoms with Crippen LogP contribution in [0.3, 0.4) is 0 Å². The van der Waals surface area contributed by atoms with Gasteiger partial charge in [-0.2, -0.15) is 0 Å². The zero-order valence-electron chi connectivity index (χ0n) is 14.3. The maximum Gasteiger partial charge on any atom is 0.477 e. The summed E-state index contributed by atoms with van der Waals surface area (Å²) in [5.41, 5.74) is 2.26. The van der Waals surface area contributed by atoms with Gasteiger partial charge in [-0.1, -0.05) is 53.3 Å². The lowest BCUT2D eigenvalue weighted by atomic mass is 10.2. The lowest BCUT2D eigenvalue weighted by Crippen LogP contribution is -1.97. The van der Waals surface area contributed by atoms with Gasteiger partial charge in [-0.25, -0.2) is 4.89 Å². The molecule has 7 nitrogen and oxygen atoms in total. The second kappa shape index (κ2) is 9.17. The van der Waals surface area contributed by atoms with Crippen LogP contribution in [0.25, 0.3) is 0 Å². The van der Waals surface area contributed by atoms with Gasteiger partial charge in [0.15, 0.2) is 5.69 Å². The Bertz CT molecular complexity index is 997. The number of hydrogen-bond donors (Lipinski definition) is 2. The van der Waals surface area contributed by atoms with Gasteiger partial charge in [0, 0.05) is 10.7 Å². The zero-order chi connectivity index (χ0) is 18.9. The minimum atomic E-state index is -0.00469. The van der Waals surface area contributed by atoms with Crippen molar-refractivity contribution in [1.82, 2.24) is 0 Å². The van der Waals surface area contributed by atoms with Gasteiger partial charge in [-0.3, -0.25) is 5.26 Å². The number of nitrogens with zero attached hydrogens (tertiary/aromatic N) is 4. The fraction of sp³-hybridized carbons (Fsp3) is 0.0500. The van der Waals surface area contributed by atoms with Crippen LogP contribution in [0, 0.1) is 0 Å².